The monoisotopic (exact) mass is 323 g/mol. The van der Waals surface area contributed by atoms with Crippen LogP contribution in [0.1, 0.15) is 5.56 Å². The topological polar surface area (TPSA) is 94.9 Å². The summed E-state index contributed by atoms with van der Waals surface area (Å²) in [5.74, 6) is 1.23. The molecule has 0 saturated carbocycles. The minimum atomic E-state index is 0.268. The third-order valence-electron chi connectivity index (χ3n) is 3.04. The molecule has 23 heavy (non-hydrogen) atoms. The maximum Gasteiger partial charge on any atom is 0.161 e. The van der Waals surface area contributed by atoms with E-state index in [0.29, 0.717) is 64.4 Å². The van der Waals surface area contributed by atoms with Gasteiger partial charge in [-0.25, -0.2) is 0 Å². The Morgan fingerprint density at radius 3 is 2.00 bits per heavy atom. The van der Waals surface area contributed by atoms with Crippen molar-refractivity contribution in [2.75, 3.05) is 52.9 Å². The fourth-order valence-electron chi connectivity index (χ4n) is 1.96. The van der Waals surface area contributed by atoms with Crippen LogP contribution in [-0.2, 0) is 20.8 Å². The number of ether oxygens (including phenoxy) is 5. The van der Waals surface area contributed by atoms with Crippen LogP contribution in [0.15, 0.2) is 23.3 Å². The highest BCUT2D eigenvalue weighted by Gasteiger charge is 2.07. The number of hydrogen-bond acceptors (Lipinski definition) is 6. The van der Waals surface area contributed by atoms with Gasteiger partial charge in [-0.2, -0.15) is 0 Å². The summed E-state index contributed by atoms with van der Waals surface area (Å²) in [6.07, 6.45) is 0. The standard InChI is InChI=1S/C15H21N3O5/c16-18-17-12-13-1-2-14-15(11-13)23-10-8-21-6-4-19-3-5-20-7-9-22-14/h1-2,11H,3-10,12H2. The maximum atomic E-state index is 8.41. The number of azide groups is 1. The number of rotatable bonds is 2. The molecular formula is C15H21N3O5. The second kappa shape index (κ2) is 10.7. The zero-order valence-corrected chi connectivity index (χ0v) is 13.0. The molecule has 0 saturated heterocycles. The average Bonchev–Trinajstić information content (AvgIpc) is 2.58. The second-order valence-corrected chi connectivity index (χ2v) is 4.70. The van der Waals surface area contributed by atoms with E-state index in [1.54, 1.807) is 6.07 Å². The number of fused-ring (bicyclic) bond motifs is 1. The lowest BCUT2D eigenvalue weighted by Crippen LogP contribution is -2.13. The zero-order valence-electron chi connectivity index (χ0n) is 13.0. The third-order valence-corrected chi connectivity index (χ3v) is 3.04. The average molecular weight is 323 g/mol. The molecule has 1 aromatic rings. The lowest BCUT2D eigenvalue weighted by Gasteiger charge is -2.14. The normalized spacial score (nSPS) is 17.4. The van der Waals surface area contributed by atoms with Gasteiger partial charge in [0.1, 0.15) is 13.2 Å². The summed E-state index contributed by atoms with van der Waals surface area (Å²) in [6.45, 7) is 4.14. The first-order chi connectivity index (χ1) is 11.4. The smallest absolute Gasteiger partial charge is 0.161 e. The first-order valence-electron chi connectivity index (χ1n) is 7.53. The van der Waals surface area contributed by atoms with Gasteiger partial charge in [-0.15, -0.1) is 0 Å². The Morgan fingerprint density at radius 2 is 1.39 bits per heavy atom. The van der Waals surface area contributed by atoms with Crippen LogP contribution in [0.25, 0.3) is 10.4 Å². The summed E-state index contributed by atoms with van der Waals surface area (Å²) in [5.41, 5.74) is 9.26. The summed E-state index contributed by atoms with van der Waals surface area (Å²) in [6, 6.07) is 5.46. The van der Waals surface area contributed by atoms with Gasteiger partial charge < -0.3 is 23.7 Å². The predicted molar refractivity (Wildman–Crippen MR) is 82.7 cm³/mol. The Bertz CT molecular complexity index is 520. The fourth-order valence-corrected chi connectivity index (χ4v) is 1.96. The van der Waals surface area contributed by atoms with E-state index in [4.69, 9.17) is 29.2 Å². The molecule has 0 unspecified atom stereocenters. The summed E-state index contributed by atoms with van der Waals surface area (Å²) >= 11 is 0. The van der Waals surface area contributed by atoms with Crippen molar-refractivity contribution < 1.29 is 23.7 Å². The Hall–Kier alpha value is -1.99. The minimum Gasteiger partial charge on any atom is -0.487 e. The van der Waals surface area contributed by atoms with Crippen LogP contribution < -0.4 is 9.47 Å². The van der Waals surface area contributed by atoms with Gasteiger partial charge in [0, 0.05) is 4.91 Å². The van der Waals surface area contributed by atoms with Crippen molar-refractivity contribution in [1.29, 1.82) is 0 Å². The molecule has 8 nitrogen and oxygen atoms in total. The first kappa shape index (κ1) is 17.4. The van der Waals surface area contributed by atoms with Gasteiger partial charge in [-0.05, 0) is 23.2 Å². The van der Waals surface area contributed by atoms with Gasteiger partial charge >= 0.3 is 0 Å². The van der Waals surface area contributed by atoms with E-state index >= 15 is 0 Å². The molecule has 1 heterocycles. The van der Waals surface area contributed by atoms with Crippen molar-refractivity contribution in [2.24, 2.45) is 5.11 Å². The molecule has 8 heteroatoms. The molecule has 1 aliphatic heterocycles. The van der Waals surface area contributed by atoms with Crippen molar-refractivity contribution in [3.8, 4) is 11.5 Å². The van der Waals surface area contributed by atoms with Gasteiger partial charge in [-0.3, -0.25) is 0 Å². The van der Waals surface area contributed by atoms with E-state index < -0.39 is 0 Å². The largest absolute Gasteiger partial charge is 0.487 e. The molecule has 0 fully saturated rings. The quantitative estimate of drug-likeness (QED) is 0.473. The van der Waals surface area contributed by atoms with Crippen LogP contribution in [0.5, 0.6) is 11.5 Å². The molecule has 0 aliphatic carbocycles. The Balaban J connectivity index is 2.00. The summed E-state index contributed by atoms with van der Waals surface area (Å²) < 4.78 is 27.6. The molecule has 126 valence electrons. The molecule has 0 bridgehead atoms. The number of nitrogens with zero attached hydrogens (tertiary/aromatic N) is 3. The minimum absolute atomic E-state index is 0.268. The maximum absolute atomic E-state index is 8.41. The van der Waals surface area contributed by atoms with E-state index in [2.05, 4.69) is 10.0 Å². The molecule has 0 radical (unpaired) electrons. The van der Waals surface area contributed by atoms with Gasteiger partial charge in [0.2, 0.25) is 0 Å². The van der Waals surface area contributed by atoms with E-state index in [-0.39, 0.29) is 6.54 Å². The van der Waals surface area contributed by atoms with Gasteiger partial charge in [0.15, 0.2) is 11.5 Å². The van der Waals surface area contributed by atoms with Crippen LogP contribution in [0.4, 0.5) is 0 Å². The summed E-state index contributed by atoms with van der Waals surface area (Å²) in [5, 5.41) is 3.55. The molecule has 1 aliphatic rings. The van der Waals surface area contributed by atoms with Crippen molar-refractivity contribution in [3.05, 3.63) is 34.2 Å². The highest BCUT2D eigenvalue weighted by atomic mass is 16.6. The molecule has 2 rings (SSSR count). The molecule has 1 aromatic carbocycles. The van der Waals surface area contributed by atoms with Gasteiger partial charge in [0.25, 0.3) is 0 Å². The third kappa shape index (κ3) is 6.75. The molecule has 0 spiro atoms. The number of benzene rings is 1. The van der Waals surface area contributed by atoms with Crippen LogP contribution in [0, 0.1) is 0 Å². The predicted octanol–water partition coefficient (Wildman–Crippen LogP) is 2.32. The molecular weight excluding hydrogens is 302 g/mol. The molecule has 0 N–H and O–H groups in total. The highest BCUT2D eigenvalue weighted by molar-refractivity contribution is 5.43. The second-order valence-electron chi connectivity index (χ2n) is 4.70. The number of hydrogen-bond donors (Lipinski definition) is 0. The Kier molecular flexibility index (Phi) is 8.07. The highest BCUT2D eigenvalue weighted by Crippen LogP contribution is 2.28. The van der Waals surface area contributed by atoms with E-state index in [1.807, 2.05) is 12.1 Å². The zero-order chi connectivity index (χ0) is 16.2. The van der Waals surface area contributed by atoms with Crippen LogP contribution in [0.3, 0.4) is 0 Å². The van der Waals surface area contributed by atoms with Gasteiger partial charge in [-0.1, -0.05) is 11.2 Å². The lowest BCUT2D eigenvalue weighted by atomic mass is 10.2. The molecule has 0 amide bonds. The SMILES string of the molecule is [N-]=[N+]=NCc1ccc2c(c1)OCCOCCOCCOCCO2. The summed E-state index contributed by atoms with van der Waals surface area (Å²) in [4.78, 5) is 2.76. The van der Waals surface area contributed by atoms with Crippen LogP contribution >= 0.6 is 0 Å². The van der Waals surface area contributed by atoms with E-state index in [1.165, 1.54) is 0 Å². The fraction of sp³-hybridized carbons (Fsp3) is 0.600. The van der Waals surface area contributed by atoms with Crippen molar-refractivity contribution in [1.82, 2.24) is 0 Å². The van der Waals surface area contributed by atoms with Gasteiger partial charge in [0.05, 0.1) is 46.2 Å². The van der Waals surface area contributed by atoms with E-state index in [9.17, 15) is 0 Å². The lowest BCUT2D eigenvalue weighted by molar-refractivity contribution is 0.00708. The Labute approximate surface area is 134 Å². The van der Waals surface area contributed by atoms with Crippen molar-refractivity contribution >= 4 is 0 Å². The van der Waals surface area contributed by atoms with E-state index in [0.717, 1.165) is 5.56 Å². The van der Waals surface area contributed by atoms with Crippen LogP contribution in [0.2, 0.25) is 0 Å². The summed E-state index contributed by atoms with van der Waals surface area (Å²) in [7, 11) is 0. The Morgan fingerprint density at radius 1 is 0.826 bits per heavy atom. The molecule has 0 atom stereocenters. The molecule has 0 aromatic heterocycles. The van der Waals surface area contributed by atoms with Crippen molar-refractivity contribution in [2.45, 2.75) is 6.54 Å². The first-order valence-corrected chi connectivity index (χ1v) is 7.53. The van der Waals surface area contributed by atoms with Crippen molar-refractivity contribution in [3.63, 3.8) is 0 Å². The van der Waals surface area contributed by atoms with Crippen LogP contribution in [-0.4, -0.2) is 52.9 Å².